The van der Waals surface area contributed by atoms with Crippen LogP contribution in [0.25, 0.3) is 0 Å². The molecule has 26 heavy (non-hydrogen) atoms. The number of alkyl carbamates (subject to hydrolysis) is 1. The smallest absolute Gasteiger partial charge is 0.445 e. The van der Waals surface area contributed by atoms with E-state index >= 15 is 0 Å². The van der Waals surface area contributed by atoms with Crippen molar-refractivity contribution in [3.05, 3.63) is 35.9 Å². The Morgan fingerprint density at radius 2 is 1.77 bits per heavy atom. The van der Waals surface area contributed by atoms with Crippen LogP contribution in [0.15, 0.2) is 30.3 Å². The van der Waals surface area contributed by atoms with E-state index in [-0.39, 0.29) is 26.2 Å². The molecule has 0 spiro atoms. The molecule has 146 valence electrons. The summed E-state index contributed by atoms with van der Waals surface area (Å²) in [6.07, 6.45) is -3.92. The van der Waals surface area contributed by atoms with Gasteiger partial charge in [-0.15, -0.1) is 0 Å². The highest BCUT2D eigenvalue weighted by molar-refractivity contribution is 5.81. The Kier molecular flexibility index (Phi) is 9.50. The number of carbonyl (C=O) groups excluding carboxylic acids is 2. The highest BCUT2D eigenvalue weighted by Crippen LogP contribution is 2.18. The van der Waals surface area contributed by atoms with Gasteiger partial charge in [0.15, 0.2) is 0 Å². The van der Waals surface area contributed by atoms with Gasteiger partial charge in [-0.1, -0.05) is 30.3 Å². The molecular weight excluding hydrogens is 351 g/mol. The van der Waals surface area contributed by atoms with Crippen LogP contribution in [0, 0.1) is 0 Å². The van der Waals surface area contributed by atoms with Gasteiger partial charge in [-0.05, 0) is 24.8 Å². The number of rotatable bonds is 10. The Hall–Kier alpha value is -2.29. The second-order valence-electron chi connectivity index (χ2n) is 5.63. The van der Waals surface area contributed by atoms with Gasteiger partial charge in [0.25, 0.3) is 0 Å². The van der Waals surface area contributed by atoms with Crippen molar-refractivity contribution in [1.82, 2.24) is 10.2 Å². The Morgan fingerprint density at radius 1 is 1.08 bits per heavy atom. The number of hydrogen-bond acceptors (Lipinski definition) is 4. The molecule has 0 atom stereocenters. The highest BCUT2D eigenvalue weighted by atomic mass is 19.4. The Labute approximate surface area is 150 Å². The number of unbranched alkanes of at least 4 members (excludes halogenated alkanes) is 2. The van der Waals surface area contributed by atoms with Crippen LogP contribution in [0.4, 0.5) is 18.0 Å². The topological polar surface area (TPSA) is 84.7 Å². The van der Waals surface area contributed by atoms with Gasteiger partial charge in [0.2, 0.25) is 0 Å². The molecule has 0 aromatic heterocycles. The van der Waals surface area contributed by atoms with Gasteiger partial charge in [0.1, 0.15) is 6.61 Å². The number of carbonyl (C=O) groups is 2. The third-order valence-corrected chi connectivity index (χ3v) is 3.52. The lowest BCUT2D eigenvalue weighted by atomic mass is 10.2. The van der Waals surface area contributed by atoms with Gasteiger partial charge < -0.3 is 20.7 Å². The van der Waals surface area contributed by atoms with Crippen LogP contribution in [-0.4, -0.2) is 49.3 Å². The number of amides is 2. The van der Waals surface area contributed by atoms with Crippen LogP contribution in [0.5, 0.6) is 0 Å². The summed E-state index contributed by atoms with van der Waals surface area (Å²) >= 11 is 0. The summed E-state index contributed by atoms with van der Waals surface area (Å²) in [5, 5.41) is 2.57. The molecular formula is C17H24F3N3O3. The maximum absolute atomic E-state index is 12.4. The average molecular weight is 375 g/mol. The minimum absolute atomic E-state index is 0.0198. The van der Waals surface area contributed by atoms with Gasteiger partial charge in [0, 0.05) is 26.2 Å². The van der Waals surface area contributed by atoms with Crippen LogP contribution in [0.2, 0.25) is 0 Å². The first kappa shape index (κ1) is 21.8. The third-order valence-electron chi connectivity index (χ3n) is 3.52. The summed E-state index contributed by atoms with van der Waals surface area (Å²) in [5.41, 5.74) is 6.12. The minimum atomic E-state index is -4.89. The zero-order valence-corrected chi connectivity index (χ0v) is 14.4. The standard InChI is InChI=1S/C17H24F3N3O3/c18-17(19,20)15(24)23(12-9-21)11-6-2-5-10-22-16(25)26-13-14-7-3-1-4-8-14/h1,3-4,7-8H,2,5-6,9-13,21H2,(H,22,25). The van der Waals surface area contributed by atoms with E-state index in [1.165, 1.54) is 0 Å². The number of alkyl halides is 3. The number of ether oxygens (including phenoxy) is 1. The van der Waals surface area contributed by atoms with Crippen LogP contribution in [0.3, 0.4) is 0 Å². The molecule has 1 rings (SSSR count). The van der Waals surface area contributed by atoms with Gasteiger partial charge in [0.05, 0.1) is 0 Å². The number of hydrogen-bond donors (Lipinski definition) is 2. The second-order valence-corrected chi connectivity index (χ2v) is 5.63. The predicted molar refractivity (Wildman–Crippen MR) is 90.2 cm³/mol. The van der Waals surface area contributed by atoms with Gasteiger partial charge in [-0.2, -0.15) is 13.2 Å². The van der Waals surface area contributed by atoms with Crippen molar-refractivity contribution in [3.63, 3.8) is 0 Å². The van der Waals surface area contributed by atoms with Crippen molar-refractivity contribution in [2.75, 3.05) is 26.2 Å². The van der Waals surface area contributed by atoms with E-state index < -0.39 is 18.2 Å². The zero-order chi connectivity index (χ0) is 19.4. The molecule has 1 aromatic carbocycles. The lowest BCUT2D eigenvalue weighted by Gasteiger charge is -2.23. The number of nitrogens with zero attached hydrogens (tertiary/aromatic N) is 1. The van der Waals surface area contributed by atoms with E-state index in [0.717, 1.165) is 5.56 Å². The van der Waals surface area contributed by atoms with Crippen LogP contribution < -0.4 is 11.1 Å². The molecule has 0 saturated carbocycles. The number of nitrogens with two attached hydrogens (primary N) is 1. The lowest BCUT2D eigenvalue weighted by Crippen LogP contribution is -2.44. The van der Waals surface area contributed by atoms with Crippen LogP contribution in [0.1, 0.15) is 24.8 Å². The third kappa shape index (κ3) is 8.70. The number of halogens is 3. The molecule has 0 aliphatic rings. The summed E-state index contributed by atoms with van der Waals surface area (Å²) in [6, 6.07) is 9.22. The molecule has 0 aliphatic carbocycles. The molecule has 0 radical (unpaired) electrons. The van der Waals surface area contributed by atoms with E-state index in [1.807, 2.05) is 30.3 Å². The summed E-state index contributed by atoms with van der Waals surface area (Å²) < 4.78 is 42.4. The molecule has 0 aliphatic heterocycles. The van der Waals surface area contributed by atoms with Gasteiger partial charge in [-0.3, -0.25) is 4.79 Å². The molecule has 0 bridgehead atoms. The summed E-state index contributed by atoms with van der Waals surface area (Å²) in [7, 11) is 0. The highest BCUT2D eigenvalue weighted by Gasteiger charge is 2.41. The van der Waals surface area contributed by atoms with E-state index in [2.05, 4.69) is 5.32 Å². The first-order valence-electron chi connectivity index (χ1n) is 8.35. The predicted octanol–water partition coefficient (Wildman–Crippen LogP) is 2.43. The normalized spacial score (nSPS) is 11.1. The van der Waals surface area contributed by atoms with Gasteiger partial charge in [-0.25, -0.2) is 4.79 Å². The Morgan fingerprint density at radius 3 is 2.38 bits per heavy atom. The molecule has 0 unspecified atom stereocenters. The summed E-state index contributed by atoms with van der Waals surface area (Å²) in [5.74, 6) is -1.87. The maximum atomic E-state index is 12.4. The average Bonchev–Trinajstić information content (AvgIpc) is 2.61. The fraction of sp³-hybridized carbons (Fsp3) is 0.529. The fourth-order valence-electron chi connectivity index (χ4n) is 2.22. The minimum Gasteiger partial charge on any atom is -0.445 e. The molecule has 9 heteroatoms. The van der Waals surface area contributed by atoms with E-state index in [9.17, 15) is 22.8 Å². The van der Waals surface area contributed by atoms with Crippen molar-refractivity contribution < 1.29 is 27.5 Å². The molecule has 1 aromatic rings. The second kappa shape index (κ2) is 11.3. The van der Waals surface area contributed by atoms with Gasteiger partial charge >= 0.3 is 18.2 Å². The van der Waals surface area contributed by atoms with Crippen molar-refractivity contribution in [2.45, 2.75) is 32.0 Å². The SMILES string of the molecule is NCCN(CCCCCNC(=O)OCc1ccccc1)C(=O)C(F)(F)F. The quantitative estimate of drug-likeness (QED) is 0.615. The maximum Gasteiger partial charge on any atom is 0.471 e. The first-order valence-corrected chi connectivity index (χ1v) is 8.35. The van der Waals surface area contributed by atoms with Crippen molar-refractivity contribution in [1.29, 1.82) is 0 Å². The van der Waals surface area contributed by atoms with E-state index in [0.29, 0.717) is 30.7 Å². The largest absolute Gasteiger partial charge is 0.471 e. The molecule has 0 heterocycles. The van der Waals surface area contributed by atoms with Crippen molar-refractivity contribution >= 4 is 12.0 Å². The van der Waals surface area contributed by atoms with Crippen molar-refractivity contribution in [3.8, 4) is 0 Å². The molecule has 3 N–H and O–H groups in total. The Balaban J connectivity index is 2.15. The fourth-order valence-corrected chi connectivity index (χ4v) is 2.22. The molecule has 0 fully saturated rings. The summed E-state index contributed by atoms with van der Waals surface area (Å²) in [6.45, 7) is 0.324. The zero-order valence-electron chi connectivity index (χ0n) is 14.4. The van der Waals surface area contributed by atoms with E-state index in [1.54, 1.807) is 0 Å². The molecule has 6 nitrogen and oxygen atoms in total. The van der Waals surface area contributed by atoms with E-state index in [4.69, 9.17) is 10.5 Å². The Bertz CT molecular complexity index is 553. The molecule has 2 amide bonds. The van der Waals surface area contributed by atoms with Crippen LogP contribution >= 0.6 is 0 Å². The first-order chi connectivity index (χ1) is 12.3. The molecule has 0 saturated heterocycles. The van der Waals surface area contributed by atoms with Crippen molar-refractivity contribution in [2.24, 2.45) is 5.73 Å². The van der Waals surface area contributed by atoms with Crippen LogP contribution in [-0.2, 0) is 16.1 Å². The number of benzene rings is 1. The number of nitrogens with one attached hydrogen (secondary N) is 1. The monoisotopic (exact) mass is 375 g/mol. The lowest BCUT2D eigenvalue weighted by molar-refractivity contribution is -0.185. The summed E-state index contributed by atoms with van der Waals surface area (Å²) in [4.78, 5) is 23.5.